The van der Waals surface area contributed by atoms with E-state index in [1.807, 2.05) is 0 Å². The molecule has 0 radical (unpaired) electrons. The molecule has 0 amide bonds. The van der Waals surface area contributed by atoms with Gasteiger partial charge in [-0.25, -0.2) is 0 Å². The molecule has 0 aromatic heterocycles. The zero-order chi connectivity index (χ0) is 13.3. The summed E-state index contributed by atoms with van der Waals surface area (Å²) in [5.41, 5.74) is 3.59. The molecule has 1 atom stereocenters. The van der Waals surface area contributed by atoms with E-state index in [9.17, 15) is 0 Å². The highest BCUT2D eigenvalue weighted by Gasteiger charge is 2.27. The molecule has 2 aliphatic heterocycles. The Morgan fingerprint density at radius 2 is 1.84 bits per heavy atom. The second kappa shape index (κ2) is 5.26. The Hall–Kier alpha value is -0.860. The molecular weight excluding hydrogens is 232 g/mol. The van der Waals surface area contributed by atoms with Crippen molar-refractivity contribution in [2.45, 2.75) is 45.7 Å². The highest BCUT2D eigenvalue weighted by Crippen LogP contribution is 2.30. The van der Waals surface area contributed by atoms with Gasteiger partial charge in [0.05, 0.1) is 0 Å². The molecule has 0 spiro atoms. The maximum absolute atomic E-state index is 3.70. The van der Waals surface area contributed by atoms with Crippen LogP contribution in [0.4, 0.5) is 0 Å². The SMILES string of the molecule is CC1(C)CCN(CC2Cc3ccccc3CN2)CC1. The zero-order valence-corrected chi connectivity index (χ0v) is 12.3. The van der Waals surface area contributed by atoms with Crippen LogP contribution in [0.15, 0.2) is 24.3 Å². The number of likely N-dealkylation sites (tertiary alicyclic amines) is 1. The number of nitrogens with zero attached hydrogens (tertiary/aromatic N) is 1. The van der Waals surface area contributed by atoms with Crippen LogP contribution in [0, 0.1) is 5.41 Å². The minimum atomic E-state index is 0.559. The van der Waals surface area contributed by atoms with Crippen molar-refractivity contribution < 1.29 is 0 Å². The van der Waals surface area contributed by atoms with Gasteiger partial charge in [-0.2, -0.15) is 0 Å². The van der Waals surface area contributed by atoms with Crippen molar-refractivity contribution in [2.24, 2.45) is 5.41 Å². The molecule has 3 rings (SSSR count). The predicted molar refractivity (Wildman–Crippen MR) is 80.2 cm³/mol. The average molecular weight is 258 g/mol. The largest absolute Gasteiger partial charge is 0.308 e. The van der Waals surface area contributed by atoms with Crippen LogP contribution in [0.1, 0.15) is 37.8 Å². The first-order valence-electron chi connectivity index (χ1n) is 7.65. The molecule has 19 heavy (non-hydrogen) atoms. The monoisotopic (exact) mass is 258 g/mol. The number of benzene rings is 1. The maximum atomic E-state index is 3.70. The summed E-state index contributed by atoms with van der Waals surface area (Å²) in [5, 5.41) is 3.70. The second-order valence-electron chi connectivity index (χ2n) is 7.02. The van der Waals surface area contributed by atoms with E-state index in [1.54, 1.807) is 5.56 Å². The molecule has 2 heteroatoms. The summed E-state index contributed by atoms with van der Waals surface area (Å²) in [7, 11) is 0. The van der Waals surface area contributed by atoms with E-state index >= 15 is 0 Å². The third-order valence-electron chi connectivity index (χ3n) is 4.85. The first-order chi connectivity index (χ1) is 9.12. The second-order valence-corrected chi connectivity index (χ2v) is 7.02. The first-order valence-corrected chi connectivity index (χ1v) is 7.65. The van der Waals surface area contributed by atoms with Crippen LogP contribution in [-0.4, -0.2) is 30.6 Å². The van der Waals surface area contributed by atoms with Crippen LogP contribution in [0.2, 0.25) is 0 Å². The number of nitrogens with one attached hydrogen (secondary N) is 1. The highest BCUT2D eigenvalue weighted by molar-refractivity contribution is 5.29. The first kappa shape index (κ1) is 13.1. The van der Waals surface area contributed by atoms with Crippen LogP contribution < -0.4 is 5.32 Å². The van der Waals surface area contributed by atoms with Crippen molar-refractivity contribution in [3.8, 4) is 0 Å². The Kier molecular flexibility index (Phi) is 3.64. The summed E-state index contributed by atoms with van der Waals surface area (Å²) in [6, 6.07) is 9.50. The Morgan fingerprint density at radius 3 is 2.58 bits per heavy atom. The molecule has 0 saturated carbocycles. The molecule has 1 aromatic rings. The fourth-order valence-corrected chi connectivity index (χ4v) is 3.30. The molecule has 2 nitrogen and oxygen atoms in total. The van der Waals surface area contributed by atoms with Crippen molar-refractivity contribution in [3.63, 3.8) is 0 Å². The molecule has 1 unspecified atom stereocenters. The van der Waals surface area contributed by atoms with Crippen molar-refractivity contribution in [3.05, 3.63) is 35.4 Å². The van der Waals surface area contributed by atoms with Gasteiger partial charge in [-0.1, -0.05) is 38.1 Å². The quantitative estimate of drug-likeness (QED) is 0.877. The van der Waals surface area contributed by atoms with E-state index < -0.39 is 0 Å². The third kappa shape index (κ3) is 3.18. The average Bonchev–Trinajstić information content (AvgIpc) is 2.41. The van der Waals surface area contributed by atoms with E-state index in [4.69, 9.17) is 0 Å². The normalized spacial score (nSPS) is 26.9. The van der Waals surface area contributed by atoms with Crippen LogP contribution in [0.5, 0.6) is 0 Å². The lowest BCUT2D eigenvalue weighted by atomic mass is 9.82. The van der Waals surface area contributed by atoms with Crippen molar-refractivity contribution in [1.29, 1.82) is 0 Å². The van der Waals surface area contributed by atoms with Crippen molar-refractivity contribution >= 4 is 0 Å². The molecular formula is C17H26N2. The van der Waals surface area contributed by atoms with Gasteiger partial charge in [-0.3, -0.25) is 0 Å². The Morgan fingerprint density at radius 1 is 1.16 bits per heavy atom. The number of hydrogen-bond donors (Lipinski definition) is 1. The summed E-state index contributed by atoms with van der Waals surface area (Å²) >= 11 is 0. The lowest BCUT2D eigenvalue weighted by Crippen LogP contribution is -2.47. The van der Waals surface area contributed by atoms with Gasteiger partial charge in [0.2, 0.25) is 0 Å². The van der Waals surface area contributed by atoms with Gasteiger partial charge in [0, 0.05) is 19.1 Å². The fraction of sp³-hybridized carbons (Fsp3) is 0.647. The summed E-state index contributed by atoms with van der Waals surface area (Å²) in [5.74, 6) is 0. The van der Waals surface area contributed by atoms with Gasteiger partial charge in [0.25, 0.3) is 0 Å². The van der Waals surface area contributed by atoms with Gasteiger partial charge in [-0.05, 0) is 48.9 Å². The van der Waals surface area contributed by atoms with E-state index in [1.165, 1.54) is 44.5 Å². The number of rotatable bonds is 2. The van der Waals surface area contributed by atoms with Gasteiger partial charge in [0.15, 0.2) is 0 Å². The van der Waals surface area contributed by atoms with Crippen LogP contribution in [0.3, 0.4) is 0 Å². The molecule has 2 aliphatic rings. The number of fused-ring (bicyclic) bond motifs is 1. The Bertz CT molecular complexity index is 429. The number of piperidine rings is 1. The topological polar surface area (TPSA) is 15.3 Å². The smallest absolute Gasteiger partial charge is 0.0238 e. The molecule has 1 fully saturated rings. The summed E-state index contributed by atoms with van der Waals surface area (Å²) in [6.07, 6.45) is 3.88. The standard InChI is InChI=1S/C17H26N2/c1-17(2)7-9-19(10-8-17)13-16-11-14-5-3-4-6-15(14)12-18-16/h3-6,16,18H,7-13H2,1-2H3. The van der Waals surface area contributed by atoms with Gasteiger partial charge >= 0.3 is 0 Å². The van der Waals surface area contributed by atoms with Crippen LogP contribution >= 0.6 is 0 Å². The van der Waals surface area contributed by atoms with Crippen molar-refractivity contribution in [1.82, 2.24) is 10.2 Å². The van der Waals surface area contributed by atoms with E-state index in [0.717, 1.165) is 6.54 Å². The highest BCUT2D eigenvalue weighted by atomic mass is 15.2. The molecule has 2 heterocycles. The lowest BCUT2D eigenvalue weighted by Gasteiger charge is -2.39. The van der Waals surface area contributed by atoms with Crippen LogP contribution in [0.25, 0.3) is 0 Å². The van der Waals surface area contributed by atoms with Gasteiger partial charge < -0.3 is 10.2 Å². The molecule has 0 aliphatic carbocycles. The molecule has 1 N–H and O–H groups in total. The molecule has 0 bridgehead atoms. The maximum Gasteiger partial charge on any atom is 0.0238 e. The van der Waals surface area contributed by atoms with Gasteiger partial charge in [0.1, 0.15) is 0 Å². The van der Waals surface area contributed by atoms with Gasteiger partial charge in [-0.15, -0.1) is 0 Å². The fourth-order valence-electron chi connectivity index (χ4n) is 3.30. The summed E-state index contributed by atoms with van der Waals surface area (Å²) < 4.78 is 0. The zero-order valence-electron chi connectivity index (χ0n) is 12.3. The minimum absolute atomic E-state index is 0.559. The van der Waals surface area contributed by atoms with Crippen LogP contribution in [-0.2, 0) is 13.0 Å². The minimum Gasteiger partial charge on any atom is -0.308 e. The predicted octanol–water partition coefficient (Wildman–Crippen LogP) is 2.82. The van der Waals surface area contributed by atoms with Crippen molar-refractivity contribution in [2.75, 3.05) is 19.6 Å². The summed E-state index contributed by atoms with van der Waals surface area (Å²) in [4.78, 5) is 2.65. The third-order valence-corrected chi connectivity index (χ3v) is 4.85. The van der Waals surface area contributed by atoms with E-state index in [-0.39, 0.29) is 0 Å². The summed E-state index contributed by atoms with van der Waals surface area (Å²) in [6.45, 7) is 9.60. The Balaban J connectivity index is 1.55. The van der Waals surface area contributed by atoms with E-state index in [2.05, 4.69) is 48.3 Å². The van der Waals surface area contributed by atoms with E-state index in [0.29, 0.717) is 11.5 Å². The molecule has 104 valence electrons. The lowest BCUT2D eigenvalue weighted by molar-refractivity contribution is 0.121. The number of hydrogen-bond acceptors (Lipinski definition) is 2. The Labute approximate surface area is 117 Å². The molecule has 1 aromatic carbocycles. The molecule has 1 saturated heterocycles.